The average Bonchev–Trinajstić information content (AvgIpc) is 2.85. The van der Waals surface area contributed by atoms with E-state index < -0.39 is 0 Å². The van der Waals surface area contributed by atoms with Gasteiger partial charge in [-0.15, -0.1) is 0 Å². The van der Waals surface area contributed by atoms with Gasteiger partial charge in [0.25, 0.3) is 0 Å². The van der Waals surface area contributed by atoms with Crippen LogP contribution in [0.3, 0.4) is 0 Å². The van der Waals surface area contributed by atoms with E-state index >= 15 is 0 Å². The van der Waals surface area contributed by atoms with Crippen LogP contribution < -0.4 is 10.6 Å². The molecule has 1 saturated heterocycles. The van der Waals surface area contributed by atoms with Gasteiger partial charge in [0.1, 0.15) is 0 Å². The number of carbonyl (C=O) groups is 1. The van der Waals surface area contributed by atoms with Gasteiger partial charge in [-0.1, -0.05) is 12.1 Å². The van der Waals surface area contributed by atoms with E-state index in [1.807, 2.05) is 0 Å². The fourth-order valence-electron chi connectivity index (χ4n) is 2.61. The van der Waals surface area contributed by atoms with Crippen LogP contribution in [-0.2, 0) is 17.6 Å². The summed E-state index contributed by atoms with van der Waals surface area (Å²) in [4.78, 5) is 11.2. The number of nitrogens with one attached hydrogen (secondary N) is 2. The molecule has 1 aromatic carbocycles. The fourth-order valence-corrected chi connectivity index (χ4v) is 2.61. The summed E-state index contributed by atoms with van der Waals surface area (Å²) in [5, 5.41) is 6.29. The van der Waals surface area contributed by atoms with E-state index in [1.54, 1.807) is 0 Å². The predicted molar refractivity (Wildman–Crippen MR) is 63.5 cm³/mol. The van der Waals surface area contributed by atoms with Crippen molar-refractivity contribution >= 4 is 11.6 Å². The number of fused-ring (bicyclic) bond motifs is 1. The Balaban J connectivity index is 1.76. The van der Waals surface area contributed by atoms with Gasteiger partial charge < -0.3 is 10.6 Å². The molecular formula is C13H16N2O. The summed E-state index contributed by atoms with van der Waals surface area (Å²) in [6.45, 7) is 2.27. The first-order valence-electron chi connectivity index (χ1n) is 5.93. The van der Waals surface area contributed by atoms with E-state index in [1.165, 1.54) is 12.0 Å². The van der Waals surface area contributed by atoms with E-state index in [2.05, 4.69) is 28.8 Å². The summed E-state index contributed by atoms with van der Waals surface area (Å²) >= 11 is 0. The van der Waals surface area contributed by atoms with Crippen LogP contribution in [0.25, 0.3) is 0 Å². The van der Waals surface area contributed by atoms with Crippen LogP contribution in [0, 0.1) is 5.92 Å². The topological polar surface area (TPSA) is 41.1 Å². The maximum Gasteiger partial charge on any atom is 0.228 e. The van der Waals surface area contributed by atoms with Gasteiger partial charge >= 0.3 is 0 Å². The zero-order chi connectivity index (χ0) is 11.0. The number of hydrogen-bond acceptors (Lipinski definition) is 2. The molecule has 3 heteroatoms. The van der Waals surface area contributed by atoms with Crippen molar-refractivity contribution < 1.29 is 4.79 Å². The molecular weight excluding hydrogens is 200 g/mol. The number of amides is 1. The van der Waals surface area contributed by atoms with Crippen LogP contribution in [0.1, 0.15) is 17.5 Å². The van der Waals surface area contributed by atoms with Crippen molar-refractivity contribution in [2.75, 3.05) is 18.4 Å². The van der Waals surface area contributed by atoms with E-state index in [9.17, 15) is 4.79 Å². The van der Waals surface area contributed by atoms with Gasteiger partial charge in [-0.2, -0.15) is 0 Å². The average molecular weight is 216 g/mol. The Morgan fingerprint density at radius 2 is 2.31 bits per heavy atom. The van der Waals surface area contributed by atoms with Crippen LogP contribution in [0.4, 0.5) is 5.69 Å². The lowest BCUT2D eigenvalue weighted by molar-refractivity contribution is -0.115. The fraction of sp³-hybridized carbons (Fsp3) is 0.462. The third kappa shape index (κ3) is 1.83. The molecule has 2 aliphatic heterocycles. The van der Waals surface area contributed by atoms with Crippen molar-refractivity contribution in [1.29, 1.82) is 0 Å². The van der Waals surface area contributed by atoms with Gasteiger partial charge in [0.2, 0.25) is 5.91 Å². The van der Waals surface area contributed by atoms with Crippen molar-refractivity contribution in [3.63, 3.8) is 0 Å². The Hall–Kier alpha value is -1.35. The standard InChI is InChI=1S/C13H16N2O/c16-13-7-11-2-1-9(6-12(11)15-13)5-10-3-4-14-8-10/h1-2,6,10,14H,3-5,7-8H2,(H,15,16). The summed E-state index contributed by atoms with van der Waals surface area (Å²) in [6.07, 6.45) is 2.93. The van der Waals surface area contributed by atoms with Gasteiger partial charge in [0.15, 0.2) is 0 Å². The van der Waals surface area contributed by atoms with Crippen LogP contribution >= 0.6 is 0 Å². The van der Waals surface area contributed by atoms with E-state index in [0.29, 0.717) is 6.42 Å². The minimum absolute atomic E-state index is 0.120. The smallest absolute Gasteiger partial charge is 0.228 e. The Labute approximate surface area is 95.2 Å². The molecule has 1 fully saturated rings. The van der Waals surface area contributed by atoms with Gasteiger partial charge in [0.05, 0.1) is 6.42 Å². The Morgan fingerprint density at radius 3 is 3.12 bits per heavy atom. The van der Waals surface area contributed by atoms with Crippen LogP contribution in [-0.4, -0.2) is 19.0 Å². The molecule has 2 heterocycles. The van der Waals surface area contributed by atoms with Crippen LogP contribution in [0.15, 0.2) is 18.2 Å². The Morgan fingerprint density at radius 1 is 1.38 bits per heavy atom. The first-order valence-corrected chi connectivity index (χ1v) is 5.93. The first-order chi connectivity index (χ1) is 7.81. The van der Waals surface area contributed by atoms with Crippen molar-refractivity contribution in [2.24, 2.45) is 5.92 Å². The molecule has 84 valence electrons. The highest BCUT2D eigenvalue weighted by Gasteiger charge is 2.19. The SMILES string of the molecule is O=C1Cc2ccc(CC3CCNC3)cc2N1. The number of anilines is 1. The molecule has 1 atom stereocenters. The molecule has 16 heavy (non-hydrogen) atoms. The first kappa shape index (κ1) is 9.85. The number of carbonyl (C=O) groups excluding carboxylic acids is 1. The Kier molecular flexibility index (Phi) is 2.40. The summed E-state index contributed by atoms with van der Waals surface area (Å²) in [6, 6.07) is 6.39. The molecule has 0 saturated carbocycles. The summed E-state index contributed by atoms with van der Waals surface area (Å²) in [7, 11) is 0. The number of benzene rings is 1. The summed E-state index contributed by atoms with van der Waals surface area (Å²) in [5.41, 5.74) is 3.50. The minimum atomic E-state index is 0.120. The maximum absolute atomic E-state index is 11.2. The van der Waals surface area contributed by atoms with Crippen molar-refractivity contribution in [2.45, 2.75) is 19.3 Å². The second-order valence-corrected chi connectivity index (χ2v) is 4.78. The minimum Gasteiger partial charge on any atom is -0.326 e. The Bertz CT molecular complexity index is 422. The predicted octanol–water partition coefficient (Wildman–Crippen LogP) is 1.33. The molecule has 2 aliphatic rings. The van der Waals surface area contributed by atoms with E-state index in [4.69, 9.17) is 0 Å². The third-order valence-corrected chi connectivity index (χ3v) is 3.49. The molecule has 3 nitrogen and oxygen atoms in total. The molecule has 1 aromatic rings. The van der Waals surface area contributed by atoms with Gasteiger partial charge in [-0.25, -0.2) is 0 Å². The zero-order valence-corrected chi connectivity index (χ0v) is 9.25. The highest BCUT2D eigenvalue weighted by atomic mass is 16.1. The molecule has 0 spiro atoms. The number of rotatable bonds is 2. The molecule has 0 aliphatic carbocycles. The van der Waals surface area contributed by atoms with Crippen LogP contribution in [0.5, 0.6) is 0 Å². The van der Waals surface area contributed by atoms with Crippen LogP contribution in [0.2, 0.25) is 0 Å². The lowest BCUT2D eigenvalue weighted by Crippen LogP contribution is -2.10. The highest BCUT2D eigenvalue weighted by molar-refractivity contribution is 5.99. The highest BCUT2D eigenvalue weighted by Crippen LogP contribution is 2.26. The largest absolute Gasteiger partial charge is 0.326 e. The summed E-state index contributed by atoms with van der Waals surface area (Å²) < 4.78 is 0. The second kappa shape index (κ2) is 3.91. The van der Waals surface area contributed by atoms with Crippen molar-refractivity contribution in [1.82, 2.24) is 5.32 Å². The molecule has 0 aromatic heterocycles. The second-order valence-electron chi connectivity index (χ2n) is 4.78. The van der Waals surface area contributed by atoms with Gasteiger partial charge in [0, 0.05) is 5.69 Å². The number of hydrogen-bond donors (Lipinski definition) is 2. The normalized spacial score (nSPS) is 23.2. The maximum atomic E-state index is 11.2. The molecule has 1 amide bonds. The van der Waals surface area contributed by atoms with E-state index in [-0.39, 0.29) is 5.91 Å². The quantitative estimate of drug-likeness (QED) is 0.783. The van der Waals surface area contributed by atoms with Crippen molar-refractivity contribution in [3.05, 3.63) is 29.3 Å². The molecule has 3 rings (SSSR count). The molecule has 0 radical (unpaired) electrons. The molecule has 2 N–H and O–H groups in total. The third-order valence-electron chi connectivity index (χ3n) is 3.49. The monoisotopic (exact) mass is 216 g/mol. The van der Waals surface area contributed by atoms with Gasteiger partial charge in [-0.05, 0) is 49.0 Å². The zero-order valence-electron chi connectivity index (χ0n) is 9.25. The molecule has 0 bridgehead atoms. The van der Waals surface area contributed by atoms with Gasteiger partial charge in [-0.3, -0.25) is 4.79 Å². The molecule has 1 unspecified atom stereocenters. The lowest BCUT2D eigenvalue weighted by Gasteiger charge is -2.09. The summed E-state index contributed by atoms with van der Waals surface area (Å²) in [5.74, 6) is 0.879. The lowest BCUT2D eigenvalue weighted by atomic mass is 9.97. The van der Waals surface area contributed by atoms with Crippen molar-refractivity contribution in [3.8, 4) is 0 Å². The van der Waals surface area contributed by atoms with E-state index in [0.717, 1.165) is 36.7 Å².